The first-order chi connectivity index (χ1) is 11.3. The van der Waals surface area contributed by atoms with Gasteiger partial charge in [0.15, 0.2) is 0 Å². The van der Waals surface area contributed by atoms with Crippen molar-refractivity contribution in [2.24, 2.45) is 0 Å². The zero-order valence-corrected chi connectivity index (χ0v) is 14.4. The molecular weight excluding hydrogens is 308 g/mol. The largest absolute Gasteiger partial charge is 0.497 e. The van der Waals surface area contributed by atoms with E-state index in [1.807, 2.05) is 12.1 Å². The highest BCUT2D eigenvalue weighted by Crippen LogP contribution is 2.27. The maximum atomic E-state index is 9.25. The molecule has 1 N–H and O–H groups in total. The molecule has 2 aromatic rings. The van der Waals surface area contributed by atoms with Crippen LogP contribution in [0.15, 0.2) is 29.6 Å². The summed E-state index contributed by atoms with van der Waals surface area (Å²) in [4.78, 5) is 7.28. The molecule has 1 aromatic carbocycles. The summed E-state index contributed by atoms with van der Waals surface area (Å²) in [5.41, 5.74) is 2.26. The minimum Gasteiger partial charge on any atom is -0.497 e. The number of aliphatic hydroxyl groups excluding tert-OH is 1. The second-order valence-electron chi connectivity index (χ2n) is 6.00. The van der Waals surface area contributed by atoms with E-state index in [1.54, 1.807) is 18.4 Å². The molecule has 0 amide bonds. The normalized spacial score (nSPS) is 19.0. The number of aromatic nitrogens is 1. The number of piperidine rings is 1. The standard InChI is InChI=1S/C18H24N2O2S/c1-22-17-7-5-14(6-8-17)18-19-15(13-23-18)12-20-10-3-2-4-16(20)9-11-21/h5-8,13,16,21H,2-4,9-12H2,1H3. The highest BCUT2D eigenvalue weighted by molar-refractivity contribution is 7.13. The number of likely N-dealkylation sites (tertiary alicyclic amines) is 1. The van der Waals surface area contributed by atoms with Crippen LogP contribution in [-0.2, 0) is 6.54 Å². The summed E-state index contributed by atoms with van der Waals surface area (Å²) in [7, 11) is 1.68. The highest BCUT2D eigenvalue weighted by atomic mass is 32.1. The summed E-state index contributed by atoms with van der Waals surface area (Å²) in [5, 5.41) is 12.5. The van der Waals surface area contributed by atoms with Crippen LogP contribution in [0.5, 0.6) is 5.75 Å². The van der Waals surface area contributed by atoms with E-state index in [9.17, 15) is 5.11 Å². The van der Waals surface area contributed by atoms with Crippen LogP contribution in [0.25, 0.3) is 10.6 Å². The summed E-state index contributed by atoms with van der Waals surface area (Å²) in [5.74, 6) is 0.866. The number of aliphatic hydroxyl groups is 1. The Bertz CT molecular complexity index is 610. The van der Waals surface area contributed by atoms with Gasteiger partial charge in [-0.15, -0.1) is 11.3 Å². The van der Waals surface area contributed by atoms with E-state index < -0.39 is 0 Å². The van der Waals surface area contributed by atoms with E-state index in [2.05, 4.69) is 22.4 Å². The summed E-state index contributed by atoms with van der Waals surface area (Å²) in [6.07, 6.45) is 4.58. The number of hydrogen-bond donors (Lipinski definition) is 1. The van der Waals surface area contributed by atoms with Gasteiger partial charge in [0.05, 0.1) is 12.8 Å². The van der Waals surface area contributed by atoms with Crippen LogP contribution in [0.1, 0.15) is 31.4 Å². The highest BCUT2D eigenvalue weighted by Gasteiger charge is 2.22. The predicted molar refractivity (Wildman–Crippen MR) is 93.9 cm³/mol. The van der Waals surface area contributed by atoms with Gasteiger partial charge >= 0.3 is 0 Å². The minimum atomic E-state index is 0.273. The topological polar surface area (TPSA) is 45.6 Å². The van der Waals surface area contributed by atoms with Crippen molar-refractivity contribution in [2.45, 2.75) is 38.3 Å². The molecule has 5 heteroatoms. The molecule has 124 valence electrons. The third-order valence-corrected chi connectivity index (χ3v) is 5.41. The number of nitrogens with zero attached hydrogens (tertiary/aromatic N) is 2. The van der Waals surface area contributed by atoms with Crippen LogP contribution in [0, 0.1) is 0 Å². The molecule has 0 aliphatic carbocycles. The van der Waals surface area contributed by atoms with Crippen LogP contribution < -0.4 is 4.74 Å². The monoisotopic (exact) mass is 332 g/mol. The van der Waals surface area contributed by atoms with Crippen molar-refractivity contribution in [3.63, 3.8) is 0 Å². The van der Waals surface area contributed by atoms with Gasteiger partial charge in [0.1, 0.15) is 10.8 Å². The SMILES string of the molecule is COc1ccc(-c2nc(CN3CCCCC3CCO)cs2)cc1. The molecule has 1 atom stereocenters. The molecule has 0 bridgehead atoms. The first kappa shape index (κ1) is 16.4. The van der Waals surface area contributed by atoms with Crippen molar-refractivity contribution >= 4 is 11.3 Å². The second-order valence-corrected chi connectivity index (χ2v) is 6.86. The molecule has 0 spiro atoms. The fourth-order valence-electron chi connectivity index (χ4n) is 3.20. The lowest BCUT2D eigenvalue weighted by atomic mass is 9.99. The molecule has 23 heavy (non-hydrogen) atoms. The van der Waals surface area contributed by atoms with Gasteiger partial charge in [-0.1, -0.05) is 6.42 Å². The lowest BCUT2D eigenvalue weighted by Crippen LogP contribution is -2.39. The second kappa shape index (κ2) is 7.90. The van der Waals surface area contributed by atoms with Crippen LogP contribution in [0.4, 0.5) is 0 Å². The van der Waals surface area contributed by atoms with E-state index in [0.29, 0.717) is 6.04 Å². The number of thiazole rings is 1. The van der Waals surface area contributed by atoms with Gasteiger partial charge in [-0.3, -0.25) is 4.90 Å². The molecule has 2 heterocycles. The summed E-state index contributed by atoms with van der Waals surface area (Å²) >= 11 is 1.69. The van der Waals surface area contributed by atoms with E-state index in [-0.39, 0.29) is 6.61 Å². The lowest BCUT2D eigenvalue weighted by Gasteiger charge is -2.35. The molecule has 3 rings (SSSR count). The Kier molecular flexibility index (Phi) is 5.65. The number of benzene rings is 1. The Morgan fingerprint density at radius 2 is 2.13 bits per heavy atom. The Balaban J connectivity index is 1.68. The molecule has 1 aliphatic heterocycles. The fourth-order valence-corrected chi connectivity index (χ4v) is 4.01. The maximum Gasteiger partial charge on any atom is 0.123 e. The zero-order chi connectivity index (χ0) is 16.1. The van der Waals surface area contributed by atoms with E-state index in [4.69, 9.17) is 9.72 Å². The Labute approximate surface area is 141 Å². The first-order valence-corrected chi connectivity index (χ1v) is 9.12. The van der Waals surface area contributed by atoms with Crippen LogP contribution in [0.3, 0.4) is 0 Å². The van der Waals surface area contributed by atoms with Crippen molar-refractivity contribution < 1.29 is 9.84 Å². The average molecular weight is 332 g/mol. The Morgan fingerprint density at radius 3 is 2.87 bits per heavy atom. The van der Waals surface area contributed by atoms with Crippen molar-refractivity contribution in [1.82, 2.24) is 9.88 Å². The van der Waals surface area contributed by atoms with E-state index in [1.165, 1.54) is 19.3 Å². The zero-order valence-electron chi connectivity index (χ0n) is 13.6. The molecule has 1 unspecified atom stereocenters. The first-order valence-electron chi connectivity index (χ1n) is 8.24. The molecule has 1 saturated heterocycles. The van der Waals surface area contributed by atoms with E-state index in [0.717, 1.165) is 41.5 Å². The summed E-state index contributed by atoms with van der Waals surface area (Å²) in [6.45, 7) is 2.27. The van der Waals surface area contributed by atoms with Crippen molar-refractivity contribution in [3.8, 4) is 16.3 Å². The van der Waals surface area contributed by atoms with Crippen molar-refractivity contribution in [2.75, 3.05) is 20.3 Å². The lowest BCUT2D eigenvalue weighted by molar-refractivity contribution is 0.111. The summed E-state index contributed by atoms with van der Waals surface area (Å²) < 4.78 is 5.20. The Morgan fingerprint density at radius 1 is 1.30 bits per heavy atom. The number of rotatable bonds is 6. The van der Waals surface area contributed by atoms with Crippen LogP contribution in [-0.4, -0.2) is 41.3 Å². The number of ether oxygens (including phenoxy) is 1. The smallest absolute Gasteiger partial charge is 0.123 e. The van der Waals surface area contributed by atoms with Gasteiger partial charge in [0, 0.05) is 30.1 Å². The van der Waals surface area contributed by atoms with Crippen LogP contribution >= 0.6 is 11.3 Å². The predicted octanol–water partition coefficient (Wildman–Crippen LogP) is 3.56. The van der Waals surface area contributed by atoms with Gasteiger partial charge in [-0.05, 0) is 50.1 Å². The van der Waals surface area contributed by atoms with Crippen molar-refractivity contribution in [1.29, 1.82) is 0 Å². The fraction of sp³-hybridized carbons (Fsp3) is 0.500. The molecule has 1 aromatic heterocycles. The van der Waals surface area contributed by atoms with Gasteiger partial charge in [0.25, 0.3) is 0 Å². The minimum absolute atomic E-state index is 0.273. The van der Waals surface area contributed by atoms with Gasteiger partial charge < -0.3 is 9.84 Å². The molecule has 4 nitrogen and oxygen atoms in total. The molecular formula is C18H24N2O2S. The summed E-state index contributed by atoms with van der Waals surface area (Å²) in [6, 6.07) is 8.55. The maximum absolute atomic E-state index is 9.25. The third-order valence-electron chi connectivity index (χ3n) is 4.47. The third kappa shape index (κ3) is 4.10. The van der Waals surface area contributed by atoms with E-state index >= 15 is 0 Å². The Hall–Kier alpha value is -1.43. The molecule has 1 aliphatic rings. The number of hydrogen-bond acceptors (Lipinski definition) is 5. The van der Waals surface area contributed by atoms with Crippen molar-refractivity contribution in [3.05, 3.63) is 35.3 Å². The molecule has 0 saturated carbocycles. The van der Waals surface area contributed by atoms with Gasteiger partial charge in [-0.2, -0.15) is 0 Å². The number of methoxy groups -OCH3 is 1. The molecule has 1 fully saturated rings. The quantitative estimate of drug-likeness (QED) is 0.878. The average Bonchev–Trinajstić information content (AvgIpc) is 3.05. The van der Waals surface area contributed by atoms with Crippen LogP contribution in [0.2, 0.25) is 0 Å². The molecule has 0 radical (unpaired) electrons. The van der Waals surface area contributed by atoms with Gasteiger partial charge in [-0.25, -0.2) is 4.98 Å². The van der Waals surface area contributed by atoms with Gasteiger partial charge in [0.2, 0.25) is 0 Å².